The fraction of sp³-hybridized carbons (Fsp3) is 0.235. The Hall–Kier alpha value is -2.27. The lowest BCUT2D eigenvalue weighted by Crippen LogP contribution is -2.36. The molecule has 0 aromatic carbocycles. The van der Waals surface area contributed by atoms with E-state index in [4.69, 9.17) is 0 Å². The molecule has 1 unspecified atom stereocenters. The molecule has 1 aliphatic carbocycles. The van der Waals surface area contributed by atoms with Crippen LogP contribution in [-0.2, 0) is 4.79 Å². The number of nitrogens with zero attached hydrogens (tertiary/aromatic N) is 1. The first-order chi connectivity index (χ1) is 10.6. The van der Waals surface area contributed by atoms with Gasteiger partial charge in [0.25, 0.3) is 11.8 Å². The zero-order valence-corrected chi connectivity index (χ0v) is 13.2. The predicted molar refractivity (Wildman–Crippen MR) is 87.9 cm³/mol. The van der Waals surface area contributed by atoms with E-state index < -0.39 is 0 Å². The molecule has 2 amide bonds. The van der Waals surface area contributed by atoms with Gasteiger partial charge in [0.15, 0.2) is 0 Å². The van der Waals surface area contributed by atoms with Gasteiger partial charge in [-0.3, -0.25) is 9.59 Å². The smallest absolute Gasteiger partial charge is 0.278 e. The molecule has 0 saturated heterocycles. The highest BCUT2D eigenvalue weighted by atomic mass is 32.1. The highest BCUT2D eigenvalue weighted by Crippen LogP contribution is 2.31. The Balaban J connectivity index is 1.90. The van der Waals surface area contributed by atoms with Crippen molar-refractivity contribution >= 4 is 28.9 Å². The molecular weight excluding hydrogens is 296 g/mol. The average Bonchev–Trinajstić information content (AvgIpc) is 3.01. The molecule has 4 nitrogen and oxygen atoms in total. The maximum absolute atomic E-state index is 12.1. The van der Waals surface area contributed by atoms with Crippen LogP contribution in [0.5, 0.6) is 0 Å². The molecule has 22 heavy (non-hydrogen) atoms. The van der Waals surface area contributed by atoms with E-state index in [2.05, 4.69) is 10.3 Å². The molecule has 2 aliphatic rings. The van der Waals surface area contributed by atoms with Gasteiger partial charge in [-0.15, -0.1) is 0 Å². The number of nitrogens with one attached hydrogen (secondary N) is 1. The molecule has 3 rings (SSSR count). The summed E-state index contributed by atoms with van der Waals surface area (Å²) in [7, 11) is 0. The second-order valence-electron chi connectivity index (χ2n) is 5.26. The van der Waals surface area contributed by atoms with Crippen LogP contribution in [0, 0.1) is 5.92 Å². The lowest BCUT2D eigenvalue weighted by molar-refractivity contribution is -0.117. The molecule has 5 heteroatoms. The first kappa shape index (κ1) is 14.7. The van der Waals surface area contributed by atoms with Crippen molar-refractivity contribution in [1.29, 1.82) is 0 Å². The van der Waals surface area contributed by atoms with Crippen LogP contribution < -0.4 is 5.32 Å². The minimum atomic E-state index is -0.264. The molecular formula is C17H16N2O2S. The molecule has 1 N–H and O–H groups in total. The maximum Gasteiger partial charge on any atom is 0.278 e. The van der Waals surface area contributed by atoms with Gasteiger partial charge in [0.2, 0.25) is 0 Å². The monoisotopic (exact) mass is 312 g/mol. The molecule has 0 radical (unpaired) electrons. The third kappa shape index (κ3) is 2.60. The quantitative estimate of drug-likeness (QED) is 0.911. The summed E-state index contributed by atoms with van der Waals surface area (Å²) in [5, 5.41) is 6.53. The van der Waals surface area contributed by atoms with Crippen LogP contribution in [-0.4, -0.2) is 17.5 Å². The summed E-state index contributed by atoms with van der Waals surface area (Å²) in [5.74, 6) is -0.246. The van der Waals surface area contributed by atoms with Crippen LogP contribution in [0.1, 0.15) is 30.6 Å². The average molecular weight is 312 g/mol. The Kier molecular flexibility index (Phi) is 3.90. The molecule has 2 heterocycles. The molecule has 0 bridgehead atoms. The summed E-state index contributed by atoms with van der Waals surface area (Å²) < 4.78 is 0. The number of allylic oxidation sites excluding steroid dienone is 3. The van der Waals surface area contributed by atoms with Crippen molar-refractivity contribution < 1.29 is 9.59 Å². The lowest BCUT2D eigenvalue weighted by atomic mass is 9.84. The molecule has 0 saturated carbocycles. The summed E-state index contributed by atoms with van der Waals surface area (Å²) in [6.45, 7) is 3.96. The normalized spacial score (nSPS) is 22.5. The standard InChI is InChI=1S/C17H16N2O2S/c1-3-13-10(2)14-5-4-12(8-15(14)19-17(13)21)18-16(20)11-6-7-22-9-11/h4-9,14H,3H2,1-2H3,(H,19,21). The summed E-state index contributed by atoms with van der Waals surface area (Å²) >= 11 is 1.46. The predicted octanol–water partition coefficient (Wildman–Crippen LogP) is 3.26. The molecule has 1 atom stereocenters. The summed E-state index contributed by atoms with van der Waals surface area (Å²) in [4.78, 5) is 28.2. The van der Waals surface area contributed by atoms with Crippen molar-refractivity contribution in [2.45, 2.75) is 20.3 Å². The highest BCUT2D eigenvalue weighted by Gasteiger charge is 2.28. The molecule has 0 fully saturated rings. The molecule has 1 aliphatic heterocycles. The van der Waals surface area contributed by atoms with Gasteiger partial charge in [0, 0.05) is 22.6 Å². The minimum Gasteiger partial charge on any atom is -0.325 e. The van der Waals surface area contributed by atoms with Crippen molar-refractivity contribution in [3.8, 4) is 0 Å². The number of amides is 2. The Morgan fingerprint density at radius 1 is 1.45 bits per heavy atom. The first-order valence-corrected chi connectivity index (χ1v) is 8.10. The van der Waals surface area contributed by atoms with Crippen molar-refractivity contribution in [3.05, 3.63) is 57.5 Å². The number of carbonyl (C=O) groups is 2. The summed E-state index contributed by atoms with van der Waals surface area (Å²) in [6.07, 6.45) is 6.32. The minimum absolute atomic E-state index is 0.0543. The van der Waals surface area contributed by atoms with Crippen molar-refractivity contribution in [2.75, 3.05) is 0 Å². The summed E-state index contributed by atoms with van der Waals surface area (Å²) in [6, 6.07) is 1.75. The van der Waals surface area contributed by atoms with E-state index in [9.17, 15) is 9.59 Å². The summed E-state index contributed by atoms with van der Waals surface area (Å²) in [5.41, 5.74) is 3.84. The number of rotatable bonds is 2. The van der Waals surface area contributed by atoms with Crippen LogP contribution in [0.25, 0.3) is 0 Å². The number of hydrogen-bond donors (Lipinski definition) is 1. The molecule has 112 valence electrons. The van der Waals surface area contributed by atoms with Gasteiger partial charge >= 0.3 is 0 Å². The number of aliphatic imine (C=N–C) groups is 1. The Bertz CT molecular complexity index is 752. The number of hydrogen-bond acceptors (Lipinski definition) is 3. The fourth-order valence-electron chi connectivity index (χ4n) is 2.74. The topological polar surface area (TPSA) is 58.5 Å². The maximum atomic E-state index is 12.1. The Labute approximate surface area is 133 Å². The van der Waals surface area contributed by atoms with Gasteiger partial charge in [0.05, 0.1) is 11.3 Å². The lowest BCUT2D eigenvalue weighted by Gasteiger charge is -2.29. The van der Waals surface area contributed by atoms with Crippen LogP contribution >= 0.6 is 11.3 Å². The van der Waals surface area contributed by atoms with E-state index in [1.807, 2.05) is 31.4 Å². The Morgan fingerprint density at radius 2 is 2.27 bits per heavy atom. The van der Waals surface area contributed by atoms with E-state index in [1.54, 1.807) is 17.5 Å². The van der Waals surface area contributed by atoms with Gasteiger partial charge < -0.3 is 5.32 Å². The van der Waals surface area contributed by atoms with E-state index >= 15 is 0 Å². The zero-order valence-electron chi connectivity index (χ0n) is 12.4. The van der Waals surface area contributed by atoms with Gasteiger partial charge in [-0.1, -0.05) is 18.6 Å². The Morgan fingerprint density at radius 3 is 2.95 bits per heavy atom. The third-order valence-corrected chi connectivity index (χ3v) is 4.61. The van der Waals surface area contributed by atoms with E-state index in [1.165, 1.54) is 11.3 Å². The van der Waals surface area contributed by atoms with Crippen molar-refractivity contribution in [3.63, 3.8) is 0 Å². The fourth-order valence-corrected chi connectivity index (χ4v) is 3.37. The van der Waals surface area contributed by atoms with E-state index in [0.717, 1.165) is 16.8 Å². The highest BCUT2D eigenvalue weighted by molar-refractivity contribution is 7.08. The zero-order chi connectivity index (χ0) is 15.7. The molecule has 1 aromatic rings. The largest absolute Gasteiger partial charge is 0.325 e. The third-order valence-electron chi connectivity index (χ3n) is 3.92. The van der Waals surface area contributed by atoms with Crippen molar-refractivity contribution in [2.24, 2.45) is 10.9 Å². The second kappa shape index (κ2) is 5.85. The van der Waals surface area contributed by atoms with Crippen LogP contribution in [0.3, 0.4) is 0 Å². The van der Waals surface area contributed by atoms with E-state index in [0.29, 0.717) is 17.7 Å². The van der Waals surface area contributed by atoms with Gasteiger partial charge in [-0.2, -0.15) is 11.3 Å². The van der Waals surface area contributed by atoms with Crippen LogP contribution in [0.4, 0.5) is 0 Å². The van der Waals surface area contributed by atoms with E-state index in [-0.39, 0.29) is 17.7 Å². The molecule has 0 spiro atoms. The van der Waals surface area contributed by atoms with Gasteiger partial charge in [0.1, 0.15) is 0 Å². The SMILES string of the molecule is CCC1=C(C)C2C=CC(=NC(=O)c3ccsc3)C=C2NC1=O. The van der Waals surface area contributed by atoms with Gasteiger partial charge in [-0.25, -0.2) is 4.99 Å². The molecule has 1 aromatic heterocycles. The van der Waals surface area contributed by atoms with Crippen molar-refractivity contribution in [1.82, 2.24) is 5.32 Å². The van der Waals surface area contributed by atoms with Crippen LogP contribution in [0.15, 0.2) is 56.9 Å². The second-order valence-corrected chi connectivity index (χ2v) is 6.04. The number of carbonyl (C=O) groups excluding carboxylic acids is 2. The number of fused-ring (bicyclic) bond motifs is 1. The van der Waals surface area contributed by atoms with Gasteiger partial charge in [-0.05, 0) is 36.9 Å². The van der Waals surface area contributed by atoms with Crippen LogP contribution in [0.2, 0.25) is 0 Å². The first-order valence-electron chi connectivity index (χ1n) is 7.16. The number of thiophene rings is 1.